The van der Waals surface area contributed by atoms with E-state index in [2.05, 4.69) is 4.90 Å². The van der Waals surface area contributed by atoms with E-state index in [4.69, 9.17) is 5.10 Å². The zero-order chi connectivity index (χ0) is 20.2. The summed E-state index contributed by atoms with van der Waals surface area (Å²) in [5.41, 5.74) is 1.05. The smallest absolute Gasteiger partial charge is 0.342 e. The molecule has 1 amide bonds. The molecule has 0 atom stereocenters. The van der Waals surface area contributed by atoms with E-state index in [0.29, 0.717) is 19.6 Å². The molecule has 3 heterocycles. The Bertz CT molecular complexity index is 874. The number of amides is 1. The predicted octanol–water partition coefficient (Wildman–Crippen LogP) is 1.91. The first kappa shape index (κ1) is 19.9. The Balaban J connectivity index is 1.40. The minimum atomic E-state index is -0.0296. The summed E-state index contributed by atoms with van der Waals surface area (Å²) in [5.74, 6) is 1.44. The first-order valence-corrected chi connectivity index (χ1v) is 10.9. The van der Waals surface area contributed by atoms with Crippen molar-refractivity contribution in [3.05, 3.63) is 52.2 Å². The van der Waals surface area contributed by atoms with Crippen LogP contribution < -0.4 is 5.69 Å². The molecule has 0 bridgehead atoms. The number of nitrogens with zero attached hydrogens (tertiary/aromatic N) is 5. The quantitative estimate of drug-likeness (QED) is 0.747. The number of hydrogen-bond donors (Lipinski definition) is 0. The number of rotatable bonds is 6. The molecule has 0 saturated carbocycles. The van der Waals surface area contributed by atoms with Crippen molar-refractivity contribution in [2.75, 3.05) is 32.7 Å². The maximum atomic E-state index is 12.8. The van der Waals surface area contributed by atoms with E-state index in [9.17, 15) is 9.59 Å². The van der Waals surface area contributed by atoms with Crippen molar-refractivity contribution >= 4 is 5.91 Å². The SMILES string of the molecule is CCn1c(C2CCN(CC(=O)N3CCCC3)CC2)nn(Cc2ccccc2)c1=O. The molecule has 156 valence electrons. The fourth-order valence-electron chi connectivity index (χ4n) is 4.52. The average Bonchev–Trinajstić information content (AvgIpc) is 3.38. The first-order valence-electron chi connectivity index (χ1n) is 10.9. The second kappa shape index (κ2) is 8.95. The molecule has 7 heteroatoms. The van der Waals surface area contributed by atoms with Gasteiger partial charge in [0.2, 0.25) is 5.91 Å². The van der Waals surface area contributed by atoms with Gasteiger partial charge in [0.25, 0.3) is 0 Å². The summed E-state index contributed by atoms with van der Waals surface area (Å²) < 4.78 is 3.41. The zero-order valence-electron chi connectivity index (χ0n) is 17.3. The van der Waals surface area contributed by atoms with Gasteiger partial charge in [0, 0.05) is 25.6 Å². The lowest BCUT2D eigenvalue weighted by Crippen LogP contribution is -2.42. The lowest BCUT2D eigenvalue weighted by atomic mass is 9.96. The molecule has 2 aliphatic heterocycles. The number of piperidine rings is 1. The van der Waals surface area contributed by atoms with Crippen LogP contribution in [0.15, 0.2) is 35.1 Å². The molecule has 2 saturated heterocycles. The van der Waals surface area contributed by atoms with Gasteiger partial charge in [0.1, 0.15) is 5.82 Å². The van der Waals surface area contributed by atoms with Crippen molar-refractivity contribution < 1.29 is 4.79 Å². The molecule has 2 aliphatic rings. The van der Waals surface area contributed by atoms with Crippen LogP contribution in [0.5, 0.6) is 0 Å². The van der Waals surface area contributed by atoms with Crippen LogP contribution in [0.1, 0.15) is 49.9 Å². The minimum Gasteiger partial charge on any atom is -0.342 e. The molecule has 0 unspecified atom stereocenters. The van der Waals surface area contributed by atoms with Gasteiger partial charge in [-0.2, -0.15) is 5.10 Å². The van der Waals surface area contributed by atoms with Gasteiger partial charge < -0.3 is 4.90 Å². The van der Waals surface area contributed by atoms with Gasteiger partial charge in [-0.25, -0.2) is 9.48 Å². The van der Waals surface area contributed by atoms with Crippen molar-refractivity contribution in [2.45, 2.75) is 51.6 Å². The lowest BCUT2D eigenvalue weighted by molar-refractivity contribution is -0.131. The summed E-state index contributed by atoms with van der Waals surface area (Å²) in [4.78, 5) is 29.5. The Morgan fingerprint density at radius 2 is 1.76 bits per heavy atom. The molecule has 0 spiro atoms. The Morgan fingerprint density at radius 1 is 1.07 bits per heavy atom. The van der Waals surface area contributed by atoms with Crippen molar-refractivity contribution in [3.8, 4) is 0 Å². The van der Waals surface area contributed by atoms with E-state index >= 15 is 0 Å². The van der Waals surface area contributed by atoms with Crippen LogP contribution in [0.4, 0.5) is 0 Å². The van der Waals surface area contributed by atoms with Crippen LogP contribution >= 0.6 is 0 Å². The van der Waals surface area contributed by atoms with Crippen LogP contribution in [0.3, 0.4) is 0 Å². The maximum Gasteiger partial charge on any atom is 0.346 e. The third-order valence-electron chi connectivity index (χ3n) is 6.21. The molecule has 1 aromatic heterocycles. The van der Waals surface area contributed by atoms with Crippen molar-refractivity contribution in [1.29, 1.82) is 0 Å². The molecular weight excluding hydrogens is 366 g/mol. The molecule has 0 radical (unpaired) electrons. The summed E-state index contributed by atoms with van der Waals surface area (Å²) in [6.45, 7) is 7.26. The summed E-state index contributed by atoms with van der Waals surface area (Å²) in [7, 11) is 0. The number of likely N-dealkylation sites (tertiary alicyclic amines) is 2. The number of aromatic nitrogens is 3. The van der Waals surface area contributed by atoms with Crippen LogP contribution in [0, 0.1) is 0 Å². The van der Waals surface area contributed by atoms with Crippen molar-refractivity contribution in [2.24, 2.45) is 0 Å². The van der Waals surface area contributed by atoms with Gasteiger partial charge in [-0.1, -0.05) is 30.3 Å². The average molecular weight is 398 g/mol. The minimum absolute atomic E-state index is 0.0296. The standard InChI is InChI=1S/C22H31N5O2/c1-2-26-21(23-27(22(26)29)16-18-8-4-3-5-9-18)19-10-14-24(15-11-19)17-20(28)25-12-6-7-13-25/h3-5,8-9,19H,2,6-7,10-17H2,1H3. The highest BCUT2D eigenvalue weighted by atomic mass is 16.2. The summed E-state index contributed by atoms with van der Waals surface area (Å²) in [6, 6.07) is 9.99. The van der Waals surface area contributed by atoms with Crippen molar-refractivity contribution in [1.82, 2.24) is 24.1 Å². The zero-order valence-corrected chi connectivity index (χ0v) is 17.3. The highest BCUT2D eigenvalue weighted by Crippen LogP contribution is 2.26. The molecule has 2 aromatic rings. The molecule has 29 heavy (non-hydrogen) atoms. The molecule has 2 fully saturated rings. The third-order valence-corrected chi connectivity index (χ3v) is 6.21. The third kappa shape index (κ3) is 4.45. The fourth-order valence-corrected chi connectivity index (χ4v) is 4.52. The lowest BCUT2D eigenvalue weighted by Gasteiger charge is -2.32. The largest absolute Gasteiger partial charge is 0.346 e. The first-order chi connectivity index (χ1) is 14.2. The monoisotopic (exact) mass is 397 g/mol. The van der Waals surface area contributed by atoms with Gasteiger partial charge in [-0.05, 0) is 51.3 Å². The maximum absolute atomic E-state index is 12.8. The summed E-state index contributed by atoms with van der Waals surface area (Å²) in [6.07, 6.45) is 4.14. The molecule has 1 aromatic carbocycles. The van der Waals surface area contributed by atoms with Gasteiger partial charge in [-0.3, -0.25) is 14.3 Å². The Morgan fingerprint density at radius 3 is 2.41 bits per heavy atom. The predicted molar refractivity (Wildman–Crippen MR) is 112 cm³/mol. The number of carbonyl (C=O) groups is 1. The van der Waals surface area contributed by atoms with Crippen LogP contribution in [0.25, 0.3) is 0 Å². The molecular formula is C22H31N5O2. The normalized spacial score (nSPS) is 18.4. The van der Waals surface area contributed by atoms with Gasteiger partial charge >= 0.3 is 5.69 Å². The molecule has 7 nitrogen and oxygen atoms in total. The van der Waals surface area contributed by atoms with Gasteiger partial charge in [-0.15, -0.1) is 0 Å². The topological polar surface area (TPSA) is 63.4 Å². The van der Waals surface area contributed by atoms with Crippen LogP contribution in [-0.4, -0.2) is 62.8 Å². The van der Waals surface area contributed by atoms with Crippen LogP contribution in [-0.2, 0) is 17.9 Å². The highest BCUT2D eigenvalue weighted by molar-refractivity contribution is 5.78. The molecule has 0 aliphatic carbocycles. The van der Waals surface area contributed by atoms with E-state index in [1.54, 1.807) is 4.68 Å². The Labute approximate surface area is 171 Å². The second-order valence-electron chi connectivity index (χ2n) is 8.17. The Kier molecular flexibility index (Phi) is 6.13. The fraction of sp³-hybridized carbons (Fsp3) is 0.591. The Hall–Kier alpha value is -2.41. The van der Waals surface area contributed by atoms with E-state index in [1.807, 2.05) is 46.7 Å². The molecule has 0 N–H and O–H groups in total. The van der Waals surface area contributed by atoms with Crippen LogP contribution in [0.2, 0.25) is 0 Å². The number of carbonyl (C=O) groups excluding carboxylic acids is 1. The van der Waals surface area contributed by atoms with Gasteiger partial charge in [0.05, 0.1) is 13.1 Å². The van der Waals surface area contributed by atoms with E-state index in [-0.39, 0.29) is 17.5 Å². The van der Waals surface area contributed by atoms with E-state index in [1.165, 1.54) is 0 Å². The van der Waals surface area contributed by atoms with Gasteiger partial charge in [0.15, 0.2) is 0 Å². The summed E-state index contributed by atoms with van der Waals surface area (Å²) >= 11 is 0. The van der Waals surface area contributed by atoms with Crippen molar-refractivity contribution in [3.63, 3.8) is 0 Å². The molecule has 4 rings (SSSR count). The van der Waals surface area contributed by atoms with E-state index < -0.39 is 0 Å². The van der Waals surface area contributed by atoms with E-state index in [0.717, 1.165) is 63.3 Å². The number of benzene rings is 1. The highest BCUT2D eigenvalue weighted by Gasteiger charge is 2.28. The number of hydrogen-bond acceptors (Lipinski definition) is 4. The summed E-state index contributed by atoms with van der Waals surface area (Å²) in [5, 5.41) is 4.72. The second-order valence-corrected chi connectivity index (χ2v) is 8.17.